The molecule has 2 unspecified atom stereocenters. The Balaban J connectivity index is 1.22. The highest BCUT2D eigenvalue weighted by molar-refractivity contribution is 7.28. The molecule has 2 atom stereocenters. The molecule has 0 spiro atoms. The molecule has 2 aromatic carbocycles. The van der Waals surface area contributed by atoms with Gasteiger partial charge in [-0.15, -0.1) is 45.3 Å². The minimum Gasteiger partial charge on any atom is -0.491 e. The van der Waals surface area contributed by atoms with E-state index in [1.807, 2.05) is 13.0 Å². The van der Waals surface area contributed by atoms with E-state index in [2.05, 4.69) is 70.9 Å². The van der Waals surface area contributed by atoms with Gasteiger partial charge in [0.2, 0.25) is 0 Å². The monoisotopic (exact) mass is 1220 g/mol. The molecular formula is C66H90F2N2O9S4. The second-order valence-corrected chi connectivity index (χ2v) is 26.8. The van der Waals surface area contributed by atoms with Crippen molar-refractivity contribution in [3.8, 4) is 42.1 Å². The maximum atomic E-state index is 17.3. The van der Waals surface area contributed by atoms with Crippen LogP contribution in [0.4, 0.5) is 18.4 Å². The SMILES string of the molecule is CCCCCCCCCOC(=O)OCCc1cc(-c2c(F)c(F)c(-c3cc(CCOC(=O)OCCCCCCCCC)c(-c4cc5c(OCC(CC)CCCC)c6sc(C)cc6c(OCC(CC)CCCC)c5s4)s3)c3nonc23)sc1C. The van der Waals surface area contributed by atoms with Gasteiger partial charge in [-0.05, 0) is 97.1 Å². The van der Waals surface area contributed by atoms with Crippen LogP contribution in [0.5, 0.6) is 11.5 Å². The van der Waals surface area contributed by atoms with E-state index in [0.29, 0.717) is 47.8 Å². The zero-order valence-electron chi connectivity index (χ0n) is 50.6. The number of carbonyl (C=O) groups is 2. The minimum atomic E-state index is -1.09. The van der Waals surface area contributed by atoms with Crippen molar-refractivity contribution in [1.82, 2.24) is 10.3 Å². The average Bonchev–Trinajstić information content (AvgIpc) is 3.28. The number of rotatable bonds is 39. The van der Waals surface area contributed by atoms with E-state index >= 15 is 8.78 Å². The normalized spacial score (nSPS) is 12.5. The number of benzene rings is 2. The van der Waals surface area contributed by atoms with Crippen LogP contribution in [0.1, 0.15) is 204 Å². The molecule has 0 aliphatic rings. The van der Waals surface area contributed by atoms with Gasteiger partial charge in [-0.1, -0.05) is 157 Å². The molecule has 0 N–H and O–H groups in total. The van der Waals surface area contributed by atoms with Crippen LogP contribution < -0.4 is 9.47 Å². The minimum absolute atomic E-state index is 0.00374. The van der Waals surface area contributed by atoms with Crippen LogP contribution >= 0.6 is 45.3 Å². The second-order valence-electron chi connectivity index (χ2n) is 22.2. The third kappa shape index (κ3) is 18.1. The van der Waals surface area contributed by atoms with E-state index in [9.17, 15) is 9.59 Å². The third-order valence-electron chi connectivity index (χ3n) is 15.8. The summed E-state index contributed by atoms with van der Waals surface area (Å²) in [5.41, 5.74) is 1.60. The van der Waals surface area contributed by atoms with Crippen molar-refractivity contribution in [2.24, 2.45) is 11.8 Å². The number of hydrogen-bond acceptors (Lipinski definition) is 15. The fraction of sp³-hybridized carbons (Fsp3) is 0.606. The highest BCUT2D eigenvalue weighted by Gasteiger charge is 2.31. The molecule has 11 nitrogen and oxygen atoms in total. The number of halogens is 2. The zero-order valence-corrected chi connectivity index (χ0v) is 53.9. The lowest BCUT2D eigenvalue weighted by Crippen LogP contribution is -2.12. The van der Waals surface area contributed by atoms with Crippen molar-refractivity contribution in [2.45, 2.75) is 209 Å². The van der Waals surface area contributed by atoms with Gasteiger partial charge in [0.25, 0.3) is 0 Å². The molecule has 0 aliphatic carbocycles. The topological polar surface area (TPSA) is 128 Å². The molecule has 0 fully saturated rings. The lowest BCUT2D eigenvalue weighted by molar-refractivity contribution is 0.0539. The van der Waals surface area contributed by atoms with E-state index in [4.69, 9.17) is 33.1 Å². The Bertz CT molecular complexity index is 3040. The molecule has 7 rings (SSSR count). The summed E-state index contributed by atoms with van der Waals surface area (Å²) in [7, 11) is 0. The Morgan fingerprint density at radius 1 is 0.506 bits per heavy atom. The summed E-state index contributed by atoms with van der Waals surface area (Å²) in [6.45, 7) is 19.1. The molecule has 0 aliphatic heterocycles. The van der Waals surface area contributed by atoms with Crippen LogP contribution in [0, 0.1) is 37.3 Å². The zero-order chi connectivity index (χ0) is 59.1. The van der Waals surface area contributed by atoms with E-state index in [0.717, 1.165) is 152 Å². The number of aromatic nitrogens is 2. The molecule has 0 saturated carbocycles. The van der Waals surface area contributed by atoms with Crippen molar-refractivity contribution >= 4 is 88.9 Å². The molecule has 0 saturated heterocycles. The number of fused-ring (bicyclic) bond motifs is 3. The van der Waals surface area contributed by atoms with Crippen LogP contribution in [0.3, 0.4) is 0 Å². The summed E-state index contributed by atoms with van der Waals surface area (Å²) >= 11 is 5.91. The largest absolute Gasteiger partial charge is 0.508 e. The van der Waals surface area contributed by atoms with E-state index < -0.39 is 23.9 Å². The van der Waals surface area contributed by atoms with E-state index in [-0.39, 0.29) is 48.4 Å². The van der Waals surface area contributed by atoms with Gasteiger partial charge in [-0.3, -0.25) is 0 Å². The number of nitrogens with zero attached hydrogens (tertiary/aromatic N) is 2. The molecule has 7 aromatic rings. The lowest BCUT2D eigenvalue weighted by atomic mass is 10.0. The molecule has 0 amide bonds. The average molecular weight is 1220 g/mol. The molecular weight excluding hydrogens is 1130 g/mol. The van der Waals surface area contributed by atoms with Crippen molar-refractivity contribution < 1.29 is 51.4 Å². The summed E-state index contributed by atoms with van der Waals surface area (Å²) in [5.74, 6) is 0.272. The van der Waals surface area contributed by atoms with Gasteiger partial charge < -0.3 is 28.4 Å². The Kier molecular flexibility index (Phi) is 27.2. The molecule has 83 heavy (non-hydrogen) atoms. The van der Waals surface area contributed by atoms with Gasteiger partial charge in [-0.25, -0.2) is 23.0 Å². The number of unbranched alkanes of at least 4 members (excludes halogenated alkanes) is 14. The fourth-order valence-corrected chi connectivity index (χ4v) is 15.3. The molecule has 5 aromatic heterocycles. The number of carbonyl (C=O) groups excluding carboxylic acids is 2. The summed E-state index contributed by atoms with van der Waals surface area (Å²) in [6, 6.07) is 7.99. The van der Waals surface area contributed by atoms with Crippen LogP contribution in [0.2, 0.25) is 0 Å². The van der Waals surface area contributed by atoms with Crippen LogP contribution in [0.25, 0.3) is 61.8 Å². The van der Waals surface area contributed by atoms with E-state index in [1.165, 1.54) is 74.0 Å². The molecule has 5 heterocycles. The number of ether oxygens (including phenoxy) is 6. The van der Waals surface area contributed by atoms with E-state index in [1.54, 1.807) is 28.7 Å². The highest BCUT2D eigenvalue weighted by atomic mass is 32.1. The second kappa shape index (κ2) is 34.3. The van der Waals surface area contributed by atoms with Gasteiger partial charge in [0.1, 0.15) is 22.5 Å². The van der Waals surface area contributed by atoms with Gasteiger partial charge >= 0.3 is 12.3 Å². The first-order valence-electron chi connectivity index (χ1n) is 31.1. The number of thiophene rings is 4. The Morgan fingerprint density at radius 2 is 0.952 bits per heavy atom. The van der Waals surface area contributed by atoms with Crippen molar-refractivity contribution in [3.05, 3.63) is 56.8 Å². The fourth-order valence-electron chi connectivity index (χ4n) is 10.7. The van der Waals surface area contributed by atoms with Gasteiger partial charge in [0.15, 0.2) is 11.6 Å². The summed E-state index contributed by atoms with van der Waals surface area (Å²) in [4.78, 5) is 30.0. The standard InChI is InChI=1S/C66H90F2N2O9S4/c1-9-15-19-21-23-25-27-33-73-65(71)75-35-31-47-38-51(81-44(47)8)54-56(67)57(68)55(59-58(54)69-79-70-59)52-39-48(32-36-76-66(72)74-34-28-26-24-22-20-16-10-2)62(82-52)53-40-50-61(78-42-46(14-6)30-18-12-4)63-49(37-43(7)80-63)60(64(50)83-53)77-41-45(13-5)29-17-11-3/h37-40,45-46H,9-36,41-42H2,1-8H3. The predicted octanol–water partition coefficient (Wildman–Crippen LogP) is 21.8. The highest BCUT2D eigenvalue weighted by Crippen LogP contribution is 2.54. The van der Waals surface area contributed by atoms with Crippen molar-refractivity contribution in [1.29, 1.82) is 0 Å². The Labute approximate surface area is 507 Å². The van der Waals surface area contributed by atoms with Crippen LogP contribution in [-0.4, -0.2) is 62.3 Å². The van der Waals surface area contributed by atoms with Crippen molar-refractivity contribution in [3.63, 3.8) is 0 Å². The number of aryl methyl sites for hydroxylation is 2. The summed E-state index contributed by atoms with van der Waals surface area (Å²) < 4.78 is 77.6. The maximum absolute atomic E-state index is 17.3. The smallest absolute Gasteiger partial charge is 0.491 e. The summed E-state index contributed by atoms with van der Waals surface area (Å²) in [5, 5.41) is 10.4. The number of hydrogen-bond donors (Lipinski definition) is 0. The van der Waals surface area contributed by atoms with Crippen LogP contribution in [-0.2, 0) is 31.8 Å². The van der Waals surface area contributed by atoms with Gasteiger partial charge in [-0.2, -0.15) is 0 Å². The first kappa shape index (κ1) is 65.7. The Morgan fingerprint density at radius 3 is 1.47 bits per heavy atom. The predicted molar refractivity (Wildman–Crippen MR) is 340 cm³/mol. The lowest BCUT2D eigenvalue weighted by Gasteiger charge is -2.19. The molecule has 0 bridgehead atoms. The van der Waals surface area contributed by atoms with Gasteiger partial charge in [0, 0.05) is 52.9 Å². The third-order valence-corrected chi connectivity index (χ3v) is 20.4. The first-order chi connectivity index (χ1) is 40.4. The molecule has 17 heteroatoms. The van der Waals surface area contributed by atoms with Crippen molar-refractivity contribution in [2.75, 3.05) is 39.6 Å². The maximum Gasteiger partial charge on any atom is 0.508 e. The first-order valence-corrected chi connectivity index (χ1v) is 34.4. The quantitative estimate of drug-likeness (QED) is 0.0270. The van der Waals surface area contributed by atoms with Crippen LogP contribution in [0.15, 0.2) is 28.9 Å². The Hall–Kier alpha value is -4.84. The summed E-state index contributed by atoms with van der Waals surface area (Å²) in [6.07, 6.45) is 23.3. The van der Waals surface area contributed by atoms with Gasteiger partial charge in [0.05, 0.1) is 60.2 Å². The molecule has 456 valence electrons. The molecule has 0 radical (unpaired) electrons.